The first-order valence-corrected chi connectivity index (χ1v) is 7.33. The number of rotatable bonds is 1. The number of aliphatic hydroxyl groups excluding tert-OH is 3. The Morgan fingerprint density at radius 3 is 2.67 bits per heavy atom. The Morgan fingerprint density at radius 2 is 2.10 bits per heavy atom. The van der Waals surface area contributed by atoms with Gasteiger partial charge in [-0.15, -0.1) is 0 Å². The molecule has 0 aromatic carbocycles. The van der Waals surface area contributed by atoms with E-state index in [0.717, 1.165) is 0 Å². The number of carbonyl (C=O) groups is 1. The number of aliphatic hydroxyl groups is 3. The third kappa shape index (κ3) is 1.22. The molecule has 4 rings (SSSR count). The molecule has 1 spiro atoms. The number of carbonyl (C=O) groups excluding carboxylic acids is 1. The quantitative estimate of drug-likeness (QED) is 0.546. The second-order valence-corrected chi connectivity index (χ2v) is 7.07. The van der Waals surface area contributed by atoms with Gasteiger partial charge in [-0.1, -0.05) is 6.92 Å². The Balaban J connectivity index is 1.95. The van der Waals surface area contributed by atoms with Crippen molar-refractivity contribution in [2.24, 2.45) is 10.8 Å². The molecule has 2 aliphatic heterocycles. The van der Waals surface area contributed by atoms with Crippen LogP contribution in [0.4, 0.5) is 0 Å². The van der Waals surface area contributed by atoms with Crippen LogP contribution in [0.1, 0.15) is 20.3 Å². The van der Waals surface area contributed by atoms with E-state index in [1.165, 1.54) is 0 Å². The molecular weight excluding hydrogens is 276 g/mol. The maximum absolute atomic E-state index is 12.3. The molecule has 3 N–H and O–H groups in total. The summed E-state index contributed by atoms with van der Waals surface area (Å²) in [6, 6.07) is 0. The minimum atomic E-state index is -1.35. The molecule has 7 atom stereocenters. The topological polar surface area (TPSA) is 99.5 Å². The molecule has 0 aromatic rings. The molecule has 0 aromatic heterocycles. The second-order valence-electron chi connectivity index (χ2n) is 7.07. The number of hydrogen-bond donors (Lipinski definition) is 3. The summed E-state index contributed by atoms with van der Waals surface area (Å²) >= 11 is 0. The van der Waals surface area contributed by atoms with E-state index in [4.69, 9.17) is 9.47 Å². The highest BCUT2D eigenvalue weighted by Gasteiger charge is 2.83. The normalized spacial score (nSPS) is 58.1. The molecule has 0 amide bonds. The van der Waals surface area contributed by atoms with Crippen molar-refractivity contribution in [2.75, 3.05) is 13.2 Å². The van der Waals surface area contributed by atoms with E-state index in [1.807, 2.05) is 6.92 Å². The third-order valence-corrected chi connectivity index (χ3v) is 6.43. The van der Waals surface area contributed by atoms with E-state index in [0.29, 0.717) is 18.6 Å². The highest BCUT2D eigenvalue weighted by atomic mass is 16.6. The molecule has 21 heavy (non-hydrogen) atoms. The van der Waals surface area contributed by atoms with E-state index in [-0.39, 0.29) is 5.78 Å². The Morgan fingerprint density at radius 1 is 1.43 bits per heavy atom. The van der Waals surface area contributed by atoms with Crippen LogP contribution in [0, 0.1) is 10.8 Å². The lowest BCUT2D eigenvalue weighted by Crippen LogP contribution is -2.70. The molecule has 0 radical (unpaired) electrons. The van der Waals surface area contributed by atoms with Crippen molar-refractivity contribution < 1.29 is 29.6 Å². The summed E-state index contributed by atoms with van der Waals surface area (Å²) in [4.78, 5) is 12.3. The first kappa shape index (κ1) is 13.8. The minimum absolute atomic E-state index is 0.339. The van der Waals surface area contributed by atoms with Gasteiger partial charge in [-0.25, -0.2) is 0 Å². The lowest BCUT2D eigenvalue weighted by molar-refractivity contribution is -0.244. The molecule has 2 aliphatic carbocycles. The fraction of sp³-hybridized carbons (Fsp3) is 0.800. The summed E-state index contributed by atoms with van der Waals surface area (Å²) in [6.45, 7) is 3.55. The smallest absolute Gasteiger partial charge is 0.187 e. The van der Waals surface area contributed by atoms with Crippen LogP contribution in [0.5, 0.6) is 0 Å². The summed E-state index contributed by atoms with van der Waals surface area (Å²) < 4.78 is 11.6. The standard InChI is InChI=1S/C15H20O6/c1-7-3-9-14(5-16,11(19)10(7)18)13(2)4-8(17)12(21-9)15(13)6-20-15/h3,8-9,11-12,16-17,19H,4-6H2,1-2H3/t8-,9-,11+,12-,13-,14-,15?/m1/s1. The highest BCUT2D eigenvalue weighted by Crippen LogP contribution is 2.70. The van der Waals surface area contributed by atoms with Crippen molar-refractivity contribution in [3.63, 3.8) is 0 Å². The van der Waals surface area contributed by atoms with Gasteiger partial charge < -0.3 is 24.8 Å². The molecule has 2 heterocycles. The van der Waals surface area contributed by atoms with Crippen LogP contribution in [-0.2, 0) is 14.3 Å². The predicted octanol–water partition coefficient (Wildman–Crippen LogP) is -0.838. The molecular formula is C15H20O6. The van der Waals surface area contributed by atoms with E-state index in [2.05, 4.69) is 0 Å². The lowest BCUT2D eigenvalue weighted by Gasteiger charge is -2.58. The SMILES string of the molecule is CC1=C[C@H]2O[C@@H]3[C@H](O)C[C@@](C)(C34CO4)[C@@]2(CO)[C@@H](O)C1=O. The van der Waals surface area contributed by atoms with Crippen molar-refractivity contribution in [3.8, 4) is 0 Å². The fourth-order valence-electron chi connectivity index (χ4n) is 5.02. The Kier molecular flexibility index (Phi) is 2.47. The van der Waals surface area contributed by atoms with Gasteiger partial charge in [0, 0.05) is 5.41 Å². The van der Waals surface area contributed by atoms with Crippen molar-refractivity contribution in [1.29, 1.82) is 0 Å². The summed E-state index contributed by atoms with van der Waals surface area (Å²) in [7, 11) is 0. The number of ether oxygens (including phenoxy) is 2. The number of fused-ring (bicyclic) bond motifs is 2. The summed E-state index contributed by atoms with van der Waals surface area (Å²) in [5.74, 6) is -0.388. The average Bonchev–Trinajstić information content (AvgIpc) is 3.20. The maximum atomic E-state index is 12.3. The fourth-order valence-corrected chi connectivity index (χ4v) is 5.02. The predicted molar refractivity (Wildman–Crippen MR) is 70.4 cm³/mol. The largest absolute Gasteiger partial charge is 0.396 e. The molecule has 3 fully saturated rings. The van der Waals surface area contributed by atoms with Gasteiger partial charge in [-0.05, 0) is 25.0 Å². The minimum Gasteiger partial charge on any atom is -0.396 e. The number of ketones is 1. The Bertz CT molecular complexity index is 552. The summed E-state index contributed by atoms with van der Waals surface area (Å²) in [6.07, 6.45) is -1.14. The van der Waals surface area contributed by atoms with Crippen LogP contribution < -0.4 is 0 Å². The molecule has 2 saturated heterocycles. The summed E-state index contributed by atoms with van der Waals surface area (Å²) in [5.41, 5.74) is -2.16. The average molecular weight is 296 g/mol. The van der Waals surface area contributed by atoms with Crippen molar-refractivity contribution >= 4 is 5.78 Å². The first-order chi connectivity index (χ1) is 9.84. The number of Topliss-reactive ketones (excluding diaryl/α,β-unsaturated/α-hetero) is 1. The van der Waals surface area contributed by atoms with Crippen molar-refractivity contribution in [3.05, 3.63) is 11.6 Å². The highest BCUT2D eigenvalue weighted by molar-refractivity contribution is 6.00. The van der Waals surface area contributed by atoms with Crippen LogP contribution in [-0.4, -0.2) is 64.3 Å². The third-order valence-electron chi connectivity index (χ3n) is 6.43. The van der Waals surface area contributed by atoms with Crippen LogP contribution in [0.2, 0.25) is 0 Å². The van der Waals surface area contributed by atoms with Gasteiger partial charge in [0.1, 0.15) is 17.8 Å². The molecule has 116 valence electrons. The molecule has 6 nitrogen and oxygen atoms in total. The van der Waals surface area contributed by atoms with Crippen LogP contribution >= 0.6 is 0 Å². The Hall–Kier alpha value is -0.790. The summed E-state index contributed by atoms with van der Waals surface area (Å²) in [5, 5.41) is 31.1. The number of hydrogen-bond acceptors (Lipinski definition) is 6. The number of epoxide rings is 1. The van der Waals surface area contributed by atoms with Crippen LogP contribution in [0.3, 0.4) is 0 Å². The molecule has 4 aliphatic rings. The van der Waals surface area contributed by atoms with Crippen molar-refractivity contribution in [2.45, 2.75) is 50.3 Å². The first-order valence-electron chi connectivity index (χ1n) is 7.33. The molecule has 1 saturated carbocycles. The monoisotopic (exact) mass is 296 g/mol. The van der Waals surface area contributed by atoms with Gasteiger partial charge in [0.15, 0.2) is 5.78 Å². The van der Waals surface area contributed by atoms with Gasteiger partial charge in [-0.2, -0.15) is 0 Å². The zero-order valence-electron chi connectivity index (χ0n) is 12.1. The second kappa shape index (κ2) is 3.75. The van der Waals surface area contributed by atoms with Gasteiger partial charge in [0.2, 0.25) is 0 Å². The van der Waals surface area contributed by atoms with Gasteiger partial charge in [-0.3, -0.25) is 4.79 Å². The lowest BCUT2D eigenvalue weighted by atomic mass is 9.50. The van der Waals surface area contributed by atoms with E-state index >= 15 is 0 Å². The van der Waals surface area contributed by atoms with E-state index < -0.39 is 47.5 Å². The maximum Gasteiger partial charge on any atom is 0.187 e. The van der Waals surface area contributed by atoms with Crippen molar-refractivity contribution in [1.82, 2.24) is 0 Å². The van der Waals surface area contributed by atoms with Gasteiger partial charge in [0.05, 0.1) is 30.8 Å². The van der Waals surface area contributed by atoms with Crippen LogP contribution in [0.15, 0.2) is 11.6 Å². The zero-order valence-corrected chi connectivity index (χ0v) is 12.1. The molecule has 2 bridgehead atoms. The van der Waals surface area contributed by atoms with E-state index in [9.17, 15) is 20.1 Å². The molecule has 6 heteroatoms. The van der Waals surface area contributed by atoms with Gasteiger partial charge in [0.25, 0.3) is 0 Å². The Labute approximate surface area is 122 Å². The van der Waals surface area contributed by atoms with E-state index in [1.54, 1.807) is 13.0 Å². The molecule has 1 unspecified atom stereocenters. The van der Waals surface area contributed by atoms with Gasteiger partial charge >= 0.3 is 0 Å². The zero-order chi connectivity index (χ0) is 15.2. The van der Waals surface area contributed by atoms with Crippen LogP contribution in [0.25, 0.3) is 0 Å².